The van der Waals surface area contributed by atoms with Crippen LogP contribution in [0.5, 0.6) is 0 Å². The zero-order valence-corrected chi connectivity index (χ0v) is 35.0. The molecule has 0 aliphatic carbocycles. The Kier molecular flexibility index (Phi) is 16.9. The molecular weight excluding hydrogens is 693 g/mol. The summed E-state index contributed by atoms with van der Waals surface area (Å²) in [4.78, 5) is 50.4. The Balaban J connectivity index is 1.78. The Morgan fingerprint density at radius 1 is 1.08 bits per heavy atom. The van der Waals surface area contributed by atoms with Gasteiger partial charge in [-0.2, -0.15) is 0 Å². The number of likely N-dealkylation sites (N-methyl/N-ethyl adjacent to an activating group) is 1. The van der Waals surface area contributed by atoms with Crippen molar-refractivity contribution in [3.63, 3.8) is 0 Å². The lowest BCUT2D eigenvalue weighted by atomic mass is 9.80. The van der Waals surface area contributed by atoms with Crippen LogP contribution in [0.2, 0.25) is 0 Å². The standard InChI is InChI=1S/C41H64N4O5S2/c1-12-27(4)36(44(9)40(48)30(26(2)3)24-34(46)41(6,7)8)33(49-10)25-35(47)45-21-16-19-32(45)37(50-11)28(5)38(51)43-31(39-42-20-22-52-39)23-29-17-14-13-15-18-29/h13-15,17-18,20,22,26-28,30-33,36-37H,12,16,19,21,23-25H2,1-11H3,(H,43,51)/t27-,28+,30-,31-,32-,33+,36-,37+/m0/s1. The van der Waals surface area contributed by atoms with Gasteiger partial charge in [0.1, 0.15) is 10.8 Å². The number of ether oxygens (including phenoxy) is 2. The third-order valence-electron chi connectivity index (χ3n) is 11.0. The van der Waals surface area contributed by atoms with Gasteiger partial charge in [0.15, 0.2) is 0 Å². The second-order valence-corrected chi connectivity index (χ2v) is 17.3. The van der Waals surface area contributed by atoms with Crippen molar-refractivity contribution in [1.82, 2.24) is 20.1 Å². The van der Waals surface area contributed by atoms with Crippen molar-refractivity contribution in [2.75, 3.05) is 27.8 Å². The minimum atomic E-state index is -0.529. The van der Waals surface area contributed by atoms with Crippen molar-refractivity contribution < 1.29 is 23.9 Å². The third-order valence-corrected chi connectivity index (χ3v) is 12.3. The molecule has 3 rings (SSSR count). The molecule has 2 amide bonds. The van der Waals surface area contributed by atoms with E-state index in [-0.39, 0.29) is 72.4 Å². The Morgan fingerprint density at radius 2 is 1.75 bits per heavy atom. The predicted octanol–water partition coefficient (Wildman–Crippen LogP) is 7.54. The van der Waals surface area contributed by atoms with Crippen LogP contribution in [0.25, 0.3) is 0 Å². The number of thiocarbonyl (C=S) groups is 1. The van der Waals surface area contributed by atoms with Gasteiger partial charge in [0.05, 0.1) is 41.7 Å². The smallest absolute Gasteiger partial charge is 0.226 e. The highest BCUT2D eigenvalue weighted by molar-refractivity contribution is 7.80. The molecule has 9 nitrogen and oxygen atoms in total. The van der Waals surface area contributed by atoms with Crippen molar-refractivity contribution in [3.05, 3.63) is 52.5 Å². The number of carbonyl (C=O) groups excluding carboxylic acids is 3. The van der Waals surface area contributed by atoms with E-state index in [2.05, 4.69) is 43.2 Å². The highest BCUT2D eigenvalue weighted by atomic mass is 32.1. The number of Topliss-reactive ketones (excluding diaryl/α,β-unsaturated/α-hetero) is 1. The first-order chi connectivity index (χ1) is 24.5. The molecule has 0 bridgehead atoms. The molecule has 1 saturated heterocycles. The number of nitrogens with one attached hydrogen (secondary N) is 1. The number of ketones is 1. The van der Waals surface area contributed by atoms with Gasteiger partial charge in [-0.05, 0) is 36.7 Å². The summed E-state index contributed by atoms with van der Waals surface area (Å²) in [5.74, 6) is -0.620. The average Bonchev–Trinajstić information content (AvgIpc) is 3.83. The monoisotopic (exact) mass is 756 g/mol. The van der Waals surface area contributed by atoms with Crippen molar-refractivity contribution in [3.8, 4) is 0 Å². The van der Waals surface area contributed by atoms with Crippen molar-refractivity contribution >= 4 is 46.1 Å². The molecule has 11 heteroatoms. The van der Waals surface area contributed by atoms with E-state index in [9.17, 15) is 14.4 Å². The van der Waals surface area contributed by atoms with Crippen molar-refractivity contribution in [2.45, 2.75) is 124 Å². The van der Waals surface area contributed by atoms with E-state index in [0.29, 0.717) is 11.5 Å². The second-order valence-electron chi connectivity index (χ2n) is 15.9. The molecule has 1 fully saturated rings. The maximum Gasteiger partial charge on any atom is 0.226 e. The molecule has 52 heavy (non-hydrogen) atoms. The van der Waals surface area contributed by atoms with Crippen LogP contribution in [0, 0.1) is 29.1 Å². The van der Waals surface area contributed by atoms with Gasteiger partial charge in [0, 0.05) is 63.1 Å². The largest absolute Gasteiger partial charge is 0.379 e. The highest BCUT2D eigenvalue weighted by Gasteiger charge is 2.43. The summed E-state index contributed by atoms with van der Waals surface area (Å²) in [7, 11) is 5.12. The number of rotatable bonds is 19. The molecule has 0 saturated carbocycles. The number of nitrogens with zero attached hydrogens (tertiary/aromatic N) is 3. The number of aromatic nitrogens is 1. The molecule has 2 heterocycles. The molecule has 290 valence electrons. The Morgan fingerprint density at radius 3 is 2.29 bits per heavy atom. The van der Waals surface area contributed by atoms with E-state index in [4.69, 9.17) is 21.7 Å². The fraction of sp³-hybridized carbons (Fsp3) is 0.683. The van der Waals surface area contributed by atoms with E-state index < -0.39 is 17.4 Å². The normalized spacial score (nSPS) is 19.0. The lowest BCUT2D eigenvalue weighted by molar-refractivity contribution is -0.149. The van der Waals surface area contributed by atoms with Crippen LogP contribution in [0.3, 0.4) is 0 Å². The van der Waals surface area contributed by atoms with E-state index in [0.717, 1.165) is 30.7 Å². The van der Waals surface area contributed by atoms with Crippen LogP contribution < -0.4 is 5.32 Å². The zero-order valence-electron chi connectivity index (χ0n) is 33.4. The molecule has 1 aliphatic heterocycles. The lowest BCUT2D eigenvalue weighted by Gasteiger charge is -2.41. The molecule has 0 spiro atoms. The topological polar surface area (TPSA) is 101 Å². The van der Waals surface area contributed by atoms with Gasteiger partial charge in [-0.15, -0.1) is 11.3 Å². The minimum absolute atomic E-state index is 0.0180. The van der Waals surface area contributed by atoms with E-state index >= 15 is 0 Å². The number of methoxy groups -OCH3 is 2. The molecule has 1 N–H and O–H groups in total. The number of hydrogen-bond donors (Lipinski definition) is 1. The van der Waals surface area contributed by atoms with Crippen LogP contribution >= 0.6 is 23.6 Å². The summed E-state index contributed by atoms with van der Waals surface area (Å²) < 4.78 is 12.2. The number of benzene rings is 1. The molecule has 1 aliphatic rings. The first-order valence-electron chi connectivity index (χ1n) is 18.9. The highest BCUT2D eigenvalue weighted by Crippen LogP contribution is 2.32. The molecule has 1 aromatic carbocycles. The van der Waals surface area contributed by atoms with Crippen molar-refractivity contribution in [1.29, 1.82) is 0 Å². The maximum atomic E-state index is 14.3. The van der Waals surface area contributed by atoms with Crippen LogP contribution in [-0.2, 0) is 30.3 Å². The lowest BCUT2D eigenvalue weighted by Crippen LogP contribution is -2.54. The minimum Gasteiger partial charge on any atom is -0.379 e. The fourth-order valence-electron chi connectivity index (χ4n) is 7.44. The van der Waals surface area contributed by atoms with Gasteiger partial charge >= 0.3 is 0 Å². The van der Waals surface area contributed by atoms with Gasteiger partial charge in [0.25, 0.3) is 0 Å². The number of thiazole rings is 1. The average molecular weight is 757 g/mol. The Bertz CT molecular complexity index is 1430. The maximum absolute atomic E-state index is 14.3. The Labute approximate surface area is 322 Å². The van der Waals surface area contributed by atoms with Gasteiger partial charge < -0.3 is 24.6 Å². The quantitative estimate of drug-likeness (QED) is 0.147. The van der Waals surface area contributed by atoms with Gasteiger partial charge in [-0.3, -0.25) is 14.4 Å². The number of carbonyl (C=O) groups is 3. The van der Waals surface area contributed by atoms with Gasteiger partial charge in [-0.1, -0.05) is 104 Å². The first-order valence-corrected chi connectivity index (χ1v) is 20.2. The summed E-state index contributed by atoms with van der Waals surface area (Å²) in [6.45, 7) is 16.5. The third kappa shape index (κ3) is 11.4. The van der Waals surface area contributed by atoms with Crippen LogP contribution in [0.15, 0.2) is 41.9 Å². The number of hydrogen-bond acceptors (Lipinski definition) is 8. The first kappa shape index (κ1) is 43.7. The summed E-state index contributed by atoms with van der Waals surface area (Å²) >= 11 is 7.63. The van der Waals surface area contributed by atoms with E-state index in [1.807, 2.05) is 69.3 Å². The van der Waals surface area contributed by atoms with E-state index in [1.165, 1.54) is 5.56 Å². The molecule has 0 radical (unpaired) electrons. The van der Waals surface area contributed by atoms with Crippen LogP contribution in [0.1, 0.15) is 104 Å². The summed E-state index contributed by atoms with van der Waals surface area (Å²) in [5.41, 5.74) is 0.661. The summed E-state index contributed by atoms with van der Waals surface area (Å²) in [6, 6.07) is 9.71. The Hall–Kier alpha value is -2.73. The zero-order chi connectivity index (χ0) is 38.7. The second kappa shape index (κ2) is 20.1. The summed E-state index contributed by atoms with van der Waals surface area (Å²) in [6.07, 6.45) is 4.50. The number of amides is 2. The van der Waals surface area contributed by atoms with Crippen LogP contribution in [-0.4, -0.2) is 89.5 Å². The molecule has 1 aromatic heterocycles. The SMILES string of the molecule is CC[C@H](C)[C@@H]([C@@H](CC(=O)N1CCC[C@H]1[C@H](OC)[C@@H](C)C(=S)N[C@@H](Cc1ccccc1)c1nccs1)OC)N(C)C(=O)[C@@H](CC(=O)C(C)(C)C)C(C)C. The molecule has 8 atom stereocenters. The summed E-state index contributed by atoms with van der Waals surface area (Å²) in [5, 5.41) is 6.55. The van der Waals surface area contributed by atoms with E-state index in [1.54, 1.807) is 37.5 Å². The predicted molar refractivity (Wildman–Crippen MR) is 214 cm³/mol. The van der Waals surface area contributed by atoms with Gasteiger partial charge in [0.2, 0.25) is 11.8 Å². The number of likely N-dealkylation sites (tertiary alicyclic amines) is 1. The van der Waals surface area contributed by atoms with Crippen LogP contribution in [0.4, 0.5) is 0 Å². The molecule has 0 unspecified atom stereocenters. The van der Waals surface area contributed by atoms with Gasteiger partial charge in [-0.25, -0.2) is 4.98 Å². The van der Waals surface area contributed by atoms with Crippen molar-refractivity contribution in [2.24, 2.45) is 29.1 Å². The molecule has 2 aromatic rings. The molecular formula is C41H64N4O5S2. The fourth-order valence-corrected chi connectivity index (χ4v) is 8.41.